The molecule has 0 unspecified atom stereocenters. The van der Waals surface area contributed by atoms with Gasteiger partial charge in [0.15, 0.2) is 16.8 Å². The SMILES string of the molecule is COCc1nc(Cl)c(N)c(NCCc2ccccc2)n1. The number of ether oxygens (including phenoxy) is 1. The molecule has 0 spiro atoms. The molecule has 0 bridgehead atoms. The first-order valence-electron chi connectivity index (χ1n) is 6.29. The van der Waals surface area contributed by atoms with Crippen LogP contribution in [-0.2, 0) is 17.8 Å². The number of hydrogen-bond acceptors (Lipinski definition) is 5. The second-order valence-corrected chi connectivity index (χ2v) is 4.65. The number of nitrogen functional groups attached to an aromatic ring is 1. The van der Waals surface area contributed by atoms with E-state index in [2.05, 4.69) is 27.4 Å². The van der Waals surface area contributed by atoms with Gasteiger partial charge in [-0.05, 0) is 12.0 Å². The molecule has 2 aromatic rings. The molecule has 0 amide bonds. The van der Waals surface area contributed by atoms with Gasteiger partial charge in [0.25, 0.3) is 0 Å². The highest BCUT2D eigenvalue weighted by Crippen LogP contribution is 2.23. The summed E-state index contributed by atoms with van der Waals surface area (Å²) in [6, 6.07) is 10.2. The highest BCUT2D eigenvalue weighted by atomic mass is 35.5. The third-order valence-corrected chi connectivity index (χ3v) is 3.06. The van der Waals surface area contributed by atoms with Gasteiger partial charge in [0.2, 0.25) is 0 Å². The molecule has 6 heteroatoms. The molecule has 1 aromatic heterocycles. The van der Waals surface area contributed by atoms with Crippen LogP contribution in [0.5, 0.6) is 0 Å². The van der Waals surface area contributed by atoms with E-state index >= 15 is 0 Å². The molecule has 2 rings (SSSR count). The topological polar surface area (TPSA) is 73.1 Å². The zero-order valence-corrected chi connectivity index (χ0v) is 12.0. The van der Waals surface area contributed by atoms with E-state index in [4.69, 9.17) is 22.1 Å². The van der Waals surface area contributed by atoms with E-state index in [1.807, 2.05) is 18.2 Å². The Morgan fingerprint density at radius 3 is 2.70 bits per heavy atom. The van der Waals surface area contributed by atoms with Crippen molar-refractivity contribution in [1.82, 2.24) is 9.97 Å². The van der Waals surface area contributed by atoms with Gasteiger partial charge in [0.05, 0.1) is 0 Å². The molecule has 0 aliphatic carbocycles. The number of benzene rings is 1. The largest absolute Gasteiger partial charge is 0.393 e. The number of nitrogens with one attached hydrogen (secondary N) is 1. The van der Waals surface area contributed by atoms with Crippen LogP contribution in [0.2, 0.25) is 5.15 Å². The van der Waals surface area contributed by atoms with Gasteiger partial charge in [-0.15, -0.1) is 0 Å². The molecule has 0 aliphatic rings. The van der Waals surface area contributed by atoms with Crippen molar-refractivity contribution in [2.24, 2.45) is 0 Å². The van der Waals surface area contributed by atoms with Crippen molar-refractivity contribution < 1.29 is 4.74 Å². The first-order chi connectivity index (χ1) is 9.70. The van der Waals surface area contributed by atoms with Crippen LogP contribution >= 0.6 is 11.6 Å². The highest BCUT2D eigenvalue weighted by Gasteiger charge is 2.09. The Hall–Kier alpha value is -1.85. The molecule has 0 saturated carbocycles. The third kappa shape index (κ3) is 3.82. The Kier molecular flexibility index (Phi) is 5.15. The zero-order valence-electron chi connectivity index (χ0n) is 11.3. The molecule has 0 radical (unpaired) electrons. The standard InChI is InChI=1S/C14H17ClN4O/c1-20-9-11-18-13(15)12(16)14(19-11)17-8-7-10-5-3-2-4-6-10/h2-6H,7-9,16H2,1H3,(H,17,18,19). The normalized spacial score (nSPS) is 10.5. The first-order valence-corrected chi connectivity index (χ1v) is 6.67. The van der Waals surface area contributed by atoms with Crippen LogP contribution < -0.4 is 11.1 Å². The highest BCUT2D eigenvalue weighted by molar-refractivity contribution is 6.32. The smallest absolute Gasteiger partial charge is 0.158 e. The van der Waals surface area contributed by atoms with E-state index in [1.54, 1.807) is 7.11 Å². The summed E-state index contributed by atoms with van der Waals surface area (Å²) in [4.78, 5) is 8.35. The lowest BCUT2D eigenvalue weighted by Crippen LogP contribution is -2.11. The van der Waals surface area contributed by atoms with Crippen molar-refractivity contribution in [3.63, 3.8) is 0 Å². The summed E-state index contributed by atoms with van der Waals surface area (Å²) in [6.45, 7) is 1.02. The first kappa shape index (κ1) is 14.6. The van der Waals surface area contributed by atoms with Gasteiger partial charge in [0, 0.05) is 13.7 Å². The monoisotopic (exact) mass is 292 g/mol. The summed E-state index contributed by atoms with van der Waals surface area (Å²) in [5.41, 5.74) is 7.47. The van der Waals surface area contributed by atoms with Crippen molar-refractivity contribution >= 4 is 23.1 Å². The minimum Gasteiger partial charge on any atom is -0.393 e. The summed E-state index contributed by atoms with van der Waals surface area (Å²) in [5, 5.41) is 3.43. The molecule has 3 N–H and O–H groups in total. The molecule has 0 fully saturated rings. The van der Waals surface area contributed by atoms with E-state index in [9.17, 15) is 0 Å². The van der Waals surface area contributed by atoms with Crippen molar-refractivity contribution in [2.45, 2.75) is 13.0 Å². The van der Waals surface area contributed by atoms with Crippen LogP contribution in [0.15, 0.2) is 30.3 Å². The van der Waals surface area contributed by atoms with Crippen molar-refractivity contribution in [1.29, 1.82) is 0 Å². The molecule has 1 aromatic carbocycles. The van der Waals surface area contributed by atoms with Crippen molar-refractivity contribution in [3.8, 4) is 0 Å². The molecule has 1 heterocycles. The molecule has 0 atom stereocenters. The van der Waals surface area contributed by atoms with Gasteiger partial charge < -0.3 is 15.8 Å². The summed E-state index contributed by atoms with van der Waals surface area (Å²) in [7, 11) is 1.58. The fraction of sp³-hybridized carbons (Fsp3) is 0.286. The summed E-state index contributed by atoms with van der Waals surface area (Å²) in [6.07, 6.45) is 0.877. The van der Waals surface area contributed by atoms with Crippen LogP contribution in [0.4, 0.5) is 11.5 Å². The summed E-state index contributed by atoms with van der Waals surface area (Å²) < 4.78 is 5.00. The zero-order chi connectivity index (χ0) is 14.4. The van der Waals surface area contributed by atoms with Gasteiger partial charge in [-0.3, -0.25) is 0 Å². The minimum absolute atomic E-state index is 0.245. The van der Waals surface area contributed by atoms with Crippen LogP contribution in [0.25, 0.3) is 0 Å². The second-order valence-electron chi connectivity index (χ2n) is 4.29. The average Bonchev–Trinajstić information content (AvgIpc) is 2.45. The van der Waals surface area contributed by atoms with E-state index in [-0.39, 0.29) is 5.15 Å². The number of rotatable bonds is 6. The maximum absolute atomic E-state index is 5.98. The fourth-order valence-corrected chi connectivity index (χ4v) is 1.97. The van der Waals surface area contributed by atoms with Gasteiger partial charge in [-0.25, -0.2) is 9.97 Å². The quantitative estimate of drug-likeness (QED) is 0.800. The number of halogens is 1. The van der Waals surface area contributed by atoms with Crippen molar-refractivity contribution in [2.75, 3.05) is 24.7 Å². The van der Waals surface area contributed by atoms with Crippen molar-refractivity contribution in [3.05, 3.63) is 46.9 Å². The molecular weight excluding hydrogens is 276 g/mol. The summed E-state index contributed by atoms with van der Waals surface area (Å²) in [5.74, 6) is 1.06. The van der Waals surface area contributed by atoms with Gasteiger partial charge in [-0.2, -0.15) is 0 Å². The number of anilines is 2. The number of aromatic nitrogens is 2. The molecule has 106 valence electrons. The lowest BCUT2D eigenvalue weighted by atomic mass is 10.1. The molecule has 0 saturated heterocycles. The number of nitrogens with zero attached hydrogens (tertiary/aromatic N) is 2. The summed E-state index contributed by atoms with van der Waals surface area (Å²) >= 11 is 5.98. The van der Waals surface area contributed by atoms with E-state index in [1.165, 1.54) is 5.56 Å². The number of hydrogen-bond donors (Lipinski definition) is 2. The Morgan fingerprint density at radius 1 is 1.25 bits per heavy atom. The molecule has 20 heavy (non-hydrogen) atoms. The molecule has 0 aliphatic heterocycles. The third-order valence-electron chi connectivity index (χ3n) is 2.77. The van der Waals surface area contributed by atoms with E-state index < -0.39 is 0 Å². The van der Waals surface area contributed by atoms with Crippen LogP contribution in [0.1, 0.15) is 11.4 Å². The molecule has 5 nitrogen and oxygen atoms in total. The van der Waals surface area contributed by atoms with Crippen LogP contribution in [0.3, 0.4) is 0 Å². The fourth-order valence-electron chi connectivity index (χ4n) is 1.78. The van der Waals surface area contributed by atoms with E-state index in [0.29, 0.717) is 30.5 Å². The minimum atomic E-state index is 0.245. The predicted octanol–water partition coefficient (Wildman–Crippen LogP) is 2.51. The van der Waals surface area contributed by atoms with Gasteiger partial charge >= 0.3 is 0 Å². The maximum atomic E-state index is 5.98. The van der Waals surface area contributed by atoms with E-state index in [0.717, 1.165) is 6.42 Å². The van der Waals surface area contributed by atoms with Gasteiger partial charge in [-0.1, -0.05) is 41.9 Å². The van der Waals surface area contributed by atoms with Gasteiger partial charge in [0.1, 0.15) is 12.3 Å². The average molecular weight is 293 g/mol. The lowest BCUT2D eigenvalue weighted by Gasteiger charge is -2.11. The molecular formula is C14H17ClN4O. The van der Waals surface area contributed by atoms with Crippen LogP contribution in [0, 0.1) is 0 Å². The predicted molar refractivity (Wildman–Crippen MR) is 80.8 cm³/mol. The van der Waals surface area contributed by atoms with Crippen LogP contribution in [-0.4, -0.2) is 23.6 Å². The Bertz CT molecular complexity index is 563. The number of methoxy groups -OCH3 is 1. The Morgan fingerprint density at radius 2 is 2.00 bits per heavy atom. The Labute approximate surface area is 123 Å². The Balaban J connectivity index is 2.01. The maximum Gasteiger partial charge on any atom is 0.158 e. The second kappa shape index (κ2) is 7.07. The number of nitrogens with two attached hydrogens (primary N) is 1. The lowest BCUT2D eigenvalue weighted by molar-refractivity contribution is 0.178.